The maximum absolute atomic E-state index is 13.8. The molecule has 5 nitrogen and oxygen atoms in total. The van der Waals surface area contributed by atoms with Gasteiger partial charge >= 0.3 is 5.97 Å². The number of halogens is 2. The third-order valence-electron chi connectivity index (χ3n) is 2.68. The van der Waals surface area contributed by atoms with E-state index in [4.69, 9.17) is 21.1 Å². The first kappa shape index (κ1) is 14.5. The molecule has 0 aliphatic heterocycles. The second-order valence-electron chi connectivity index (χ2n) is 4.20. The number of carbonyl (C=O) groups is 1. The molecule has 0 aliphatic carbocycles. The van der Waals surface area contributed by atoms with Gasteiger partial charge in [-0.15, -0.1) is 10.2 Å². The predicted octanol–water partition coefficient (Wildman–Crippen LogP) is 3.33. The minimum absolute atomic E-state index is 0.0105. The van der Waals surface area contributed by atoms with Gasteiger partial charge in [0.1, 0.15) is 0 Å². The van der Waals surface area contributed by atoms with Crippen LogP contribution >= 0.6 is 11.6 Å². The van der Waals surface area contributed by atoms with E-state index in [2.05, 4.69) is 10.2 Å². The SMILES string of the molecule is O=C(O)CCCCc1nnc(-c2cccc(Cl)c2F)o1. The molecule has 0 atom stereocenters. The summed E-state index contributed by atoms with van der Waals surface area (Å²) in [5.41, 5.74) is 0.154. The molecule has 0 radical (unpaired) electrons. The molecule has 106 valence electrons. The lowest BCUT2D eigenvalue weighted by Gasteiger charge is -1.98. The van der Waals surface area contributed by atoms with Crippen LogP contribution < -0.4 is 0 Å². The van der Waals surface area contributed by atoms with Crippen molar-refractivity contribution >= 4 is 17.6 Å². The summed E-state index contributed by atoms with van der Waals surface area (Å²) in [6.07, 6.45) is 1.71. The molecular formula is C13H12ClFN2O3. The molecule has 1 N–H and O–H groups in total. The predicted molar refractivity (Wildman–Crippen MR) is 69.9 cm³/mol. The van der Waals surface area contributed by atoms with Crippen LogP contribution in [0.5, 0.6) is 0 Å². The molecule has 20 heavy (non-hydrogen) atoms. The van der Waals surface area contributed by atoms with Crippen molar-refractivity contribution in [1.29, 1.82) is 0 Å². The van der Waals surface area contributed by atoms with Gasteiger partial charge in [-0.1, -0.05) is 17.7 Å². The van der Waals surface area contributed by atoms with E-state index < -0.39 is 11.8 Å². The van der Waals surface area contributed by atoms with Crippen molar-refractivity contribution in [2.75, 3.05) is 0 Å². The highest BCUT2D eigenvalue weighted by molar-refractivity contribution is 6.31. The number of unbranched alkanes of at least 4 members (excludes halogenated alkanes) is 1. The van der Waals surface area contributed by atoms with Crippen molar-refractivity contribution in [2.24, 2.45) is 0 Å². The number of aryl methyl sites for hydroxylation is 1. The zero-order chi connectivity index (χ0) is 14.5. The lowest BCUT2D eigenvalue weighted by atomic mass is 10.2. The Balaban J connectivity index is 2.02. The highest BCUT2D eigenvalue weighted by Gasteiger charge is 2.14. The molecule has 2 aromatic rings. The van der Waals surface area contributed by atoms with E-state index >= 15 is 0 Å². The number of carboxylic acids is 1. The second kappa shape index (κ2) is 6.47. The Morgan fingerprint density at radius 1 is 1.35 bits per heavy atom. The molecule has 1 aromatic carbocycles. The minimum Gasteiger partial charge on any atom is -0.481 e. The topological polar surface area (TPSA) is 76.2 Å². The lowest BCUT2D eigenvalue weighted by Crippen LogP contribution is -1.95. The van der Waals surface area contributed by atoms with Gasteiger partial charge in [-0.05, 0) is 25.0 Å². The smallest absolute Gasteiger partial charge is 0.303 e. The molecule has 0 saturated carbocycles. The van der Waals surface area contributed by atoms with Crippen LogP contribution in [-0.4, -0.2) is 21.3 Å². The van der Waals surface area contributed by atoms with Gasteiger partial charge < -0.3 is 9.52 Å². The first-order valence-electron chi connectivity index (χ1n) is 6.06. The summed E-state index contributed by atoms with van der Waals surface area (Å²) in [4.78, 5) is 10.4. The number of rotatable bonds is 6. The van der Waals surface area contributed by atoms with Crippen molar-refractivity contribution < 1.29 is 18.7 Å². The minimum atomic E-state index is -0.836. The highest BCUT2D eigenvalue weighted by Crippen LogP contribution is 2.26. The summed E-state index contributed by atoms with van der Waals surface area (Å²) in [5, 5.41) is 16.1. The van der Waals surface area contributed by atoms with Crippen LogP contribution in [0.3, 0.4) is 0 Å². The van der Waals surface area contributed by atoms with E-state index in [1.54, 1.807) is 6.07 Å². The van der Waals surface area contributed by atoms with E-state index in [0.717, 1.165) is 0 Å². The monoisotopic (exact) mass is 298 g/mol. The molecule has 1 heterocycles. The summed E-state index contributed by atoms with van der Waals surface area (Å²) in [5.74, 6) is -1.02. The van der Waals surface area contributed by atoms with Gasteiger partial charge in [0.25, 0.3) is 5.89 Å². The first-order chi connectivity index (χ1) is 9.58. The fourth-order valence-electron chi connectivity index (χ4n) is 1.68. The van der Waals surface area contributed by atoms with Crippen LogP contribution in [0.2, 0.25) is 5.02 Å². The third kappa shape index (κ3) is 3.54. The number of hydrogen-bond acceptors (Lipinski definition) is 4. The van der Waals surface area contributed by atoms with Crippen molar-refractivity contribution in [3.8, 4) is 11.5 Å². The number of nitrogens with zero attached hydrogens (tertiary/aromatic N) is 2. The van der Waals surface area contributed by atoms with E-state index in [1.165, 1.54) is 12.1 Å². The first-order valence-corrected chi connectivity index (χ1v) is 6.44. The molecular weight excluding hydrogens is 287 g/mol. The third-order valence-corrected chi connectivity index (χ3v) is 2.97. The summed E-state index contributed by atoms with van der Waals surface area (Å²) < 4.78 is 19.1. The Morgan fingerprint density at radius 2 is 2.15 bits per heavy atom. The molecule has 0 aliphatic rings. The van der Waals surface area contributed by atoms with Crippen LogP contribution in [0.4, 0.5) is 4.39 Å². The second-order valence-corrected chi connectivity index (χ2v) is 4.61. The molecule has 1 aromatic heterocycles. The molecule has 0 saturated heterocycles. The molecule has 7 heteroatoms. The fourth-order valence-corrected chi connectivity index (χ4v) is 1.86. The van der Waals surface area contributed by atoms with Crippen molar-refractivity contribution in [3.63, 3.8) is 0 Å². The Bertz CT molecular complexity index is 615. The van der Waals surface area contributed by atoms with E-state index in [0.29, 0.717) is 25.2 Å². The van der Waals surface area contributed by atoms with Crippen LogP contribution in [0.15, 0.2) is 22.6 Å². The lowest BCUT2D eigenvalue weighted by molar-refractivity contribution is -0.137. The largest absolute Gasteiger partial charge is 0.481 e. The zero-order valence-corrected chi connectivity index (χ0v) is 11.2. The fraction of sp³-hybridized carbons (Fsp3) is 0.308. The molecule has 0 spiro atoms. The van der Waals surface area contributed by atoms with Crippen LogP contribution in [-0.2, 0) is 11.2 Å². The van der Waals surface area contributed by atoms with Crippen LogP contribution in [0.1, 0.15) is 25.2 Å². The summed E-state index contributed by atoms with van der Waals surface area (Å²) >= 11 is 5.68. The normalized spacial score (nSPS) is 10.7. The number of aliphatic carboxylic acids is 1. The Labute approximate surface area is 119 Å². The quantitative estimate of drug-likeness (QED) is 0.828. The molecule has 2 rings (SSSR count). The van der Waals surface area contributed by atoms with Gasteiger partial charge in [0.2, 0.25) is 5.89 Å². The average Bonchev–Trinajstić information content (AvgIpc) is 2.86. The number of carboxylic acid groups (broad SMARTS) is 1. The van der Waals surface area contributed by atoms with Crippen molar-refractivity contribution in [1.82, 2.24) is 10.2 Å². The van der Waals surface area contributed by atoms with Gasteiger partial charge in [-0.25, -0.2) is 4.39 Å². The van der Waals surface area contributed by atoms with Crippen LogP contribution in [0, 0.1) is 5.82 Å². The van der Waals surface area contributed by atoms with Gasteiger partial charge in [-0.2, -0.15) is 0 Å². The Kier molecular flexibility index (Phi) is 4.68. The standard InChI is InChI=1S/C13H12ClFN2O3/c14-9-5-3-4-8(12(9)15)13-17-16-10(20-13)6-1-2-7-11(18)19/h3-5H,1-2,6-7H2,(H,18,19). The summed E-state index contributed by atoms with van der Waals surface area (Å²) in [6, 6.07) is 4.53. The van der Waals surface area contributed by atoms with E-state index in [9.17, 15) is 9.18 Å². The van der Waals surface area contributed by atoms with Gasteiger partial charge in [0, 0.05) is 12.8 Å². The summed E-state index contributed by atoms with van der Waals surface area (Å²) in [6.45, 7) is 0. The Morgan fingerprint density at radius 3 is 2.90 bits per heavy atom. The number of benzene rings is 1. The molecule has 0 fully saturated rings. The number of aromatic nitrogens is 2. The molecule has 0 unspecified atom stereocenters. The van der Waals surface area contributed by atoms with Gasteiger partial charge in [0.15, 0.2) is 5.82 Å². The zero-order valence-electron chi connectivity index (χ0n) is 10.5. The summed E-state index contributed by atoms with van der Waals surface area (Å²) in [7, 11) is 0. The maximum Gasteiger partial charge on any atom is 0.303 e. The number of hydrogen-bond donors (Lipinski definition) is 1. The van der Waals surface area contributed by atoms with E-state index in [1.807, 2.05) is 0 Å². The van der Waals surface area contributed by atoms with E-state index in [-0.39, 0.29) is 22.9 Å². The maximum atomic E-state index is 13.8. The van der Waals surface area contributed by atoms with Gasteiger partial charge in [0.05, 0.1) is 10.6 Å². The highest BCUT2D eigenvalue weighted by atomic mass is 35.5. The molecule has 0 amide bonds. The average molecular weight is 299 g/mol. The van der Waals surface area contributed by atoms with Crippen molar-refractivity contribution in [3.05, 3.63) is 34.9 Å². The van der Waals surface area contributed by atoms with Crippen LogP contribution in [0.25, 0.3) is 11.5 Å². The Hall–Kier alpha value is -1.95. The van der Waals surface area contributed by atoms with Gasteiger partial charge in [-0.3, -0.25) is 4.79 Å². The molecule has 0 bridgehead atoms. The van der Waals surface area contributed by atoms with Crippen molar-refractivity contribution in [2.45, 2.75) is 25.7 Å².